The molecular formula is C21H24N2O4. The van der Waals surface area contributed by atoms with Crippen molar-refractivity contribution in [1.29, 1.82) is 0 Å². The number of aryl methyl sites for hydroxylation is 1. The molecule has 2 aromatic rings. The largest absolute Gasteiger partial charge is 0.481 e. The summed E-state index contributed by atoms with van der Waals surface area (Å²) in [4.78, 5) is 29.5. The molecule has 1 aromatic carbocycles. The fourth-order valence-electron chi connectivity index (χ4n) is 3.71. The molecule has 0 atom stereocenters. The van der Waals surface area contributed by atoms with Crippen LogP contribution < -0.4 is 5.32 Å². The van der Waals surface area contributed by atoms with Crippen LogP contribution in [0.2, 0.25) is 0 Å². The molecule has 0 bridgehead atoms. The Hall–Kier alpha value is -2.47. The fraction of sp³-hybridized carbons (Fsp3) is 0.476. The van der Waals surface area contributed by atoms with Gasteiger partial charge in [0.05, 0.1) is 16.5 Å². The van der Waals surface area contributed by atoms with Gasteiger partial charge in [-0.1, -0.05) is 11.6 Å². The molecule has 142 valence electrons. The second-order valence-corrected chi connectivity index (χ2v) is 7.77. The molecule has 4 rings (SSSR count). The monoisotopic (exact) mass is 368 g/mol. The third-order valence-corrected chi connectivity index (χ3v) is 5.72. The summed E-state index contributed by atoms with van der Waals surface area (Å²) in [5, 5.41) is 13.4. The van der Waals surface area contributed by atoms with Gasteiger partial charge in [-0.3, -0.25) is 14.6 Å². The van der Waals surface area contributed by atoms with E-state index in [0.29, 0.717) is 37.5 Å². The number of rotatable bonds is 5. The van der Waals surface area contributed by atoms with E-state index >= 15 is 0 Å². The summed E-state index contributed by atoms with van der Waals surface area (Å²) in [6, 6.07) is 7.79. The van der Waals surface area contributed by atoms with E-state index in [9.17, 15) is 14.7 Å². The molecule has 27 heavy (non-hydrogen) atoms. The highest BCUT2D eigenvalue weighted by Gasteiger charge is 2.40. The number of carboxylic acid groups (broad SMARTS) is 1. The number of carbonyl (C=O) groups excluding carboxylic acids is 1. The number of benzene rings is 1. The Balaban J connectivity index is 1.63. The maximum atomic E-state index is 13.0. The van der Waals surface area contributed by atoms with Crippen molar-refractivity contribution < 1.29 is 19.4 Å². The summed E-state index contributed by atoms with van der Waals surface area (Å²) in [5.41, 5.74) is 2.46. The standard InChI is InChI=1S/C21H24N2O4/c1-13-2-5-17-15(10-13)16(11-18(23-17)14-3-4-14)19(24)22-12-21(20(25)26)6-8-27-9-7-21/h2,5,10-11,14H,3-4,6-9,12H2,1H3,(H,22,24)(H,25,26). The zero-order chi connectivity index (χ0) is 19.0. The Morgan fingerprint density at radius 1 is 1.26 bits per heavy atom. The number of carbonyl (C=O) groups is 2. The summed E-state index contributed by atoms with van der Waals surface area (Å²) in [7, 11) is 0. The van der Waals surface area contributed by atoms with E-state index in [0.717, 1.165) is 35.0 Å². The van der Waals surface area contributed by atoms with Crippen LogP contribution in [0.5, 0.6) is 0 Å². The van der Waals surface area contributed by atoms with Crippen molar-refractivity contribution in [3.05, 3.63) is 41.1 Å². The normalized spacial score (nSPS) is 19.0. The van der Waals surface area contributed by atoms with E-state index in [-0.39, 0.29) is 12.5 Å². The van der Waals surface area contributed by atoms with Crippen molar-refractivity contribution in [1.82, 2.24) is 10.3 Å². The number of pyridine rings is 1. The van der Waals surface area contributed by atoms with Crippen molar-refractivity contribution >= 4 is 22.8 Å². The van der Waals surface area contributed by atoms with Crippen LogP contribution in [0, 0.1) is 12.3 Å². The van der Waals surface area contributed by atoms with Crippen LogP contribution in [-0.4, -0.2) is 41.7 Å². The van der Waals surface area contributed by atoms with Crippen molar-refractivity contribution in [3.63, 3.8) is 0 Å². The van der Waals surface area contributed by atoms with Gasteiger partial charge in [0.25, 0.3) is 5.91 Å². The lowest BCUT2D eigenvalue weighted by atomic mass is 9.80. The highest BCUT2D eigenvalue weighted by molar-refractivity contribution is 6.06. The van der Waals surface area contributed by atoms with E-state index in [2.05, 4.69) is 5.32 Å². The third-order valence-electron chi connectivity index (χ3n) is 5.72. The van der Waals surface area contributed by atoms with E-state index in [1.54, 1.807) is 0 Å². The van der Waals surface area contributed by atoms with Crippen molar-refractivity contribution in [2.24, 2.45) is 5.41 Å². The summed E-state index contributed by atoms with van der Waals surface area (Å²) in [5.74, 6) is -0.676. The number of aromatic nitrogens is 1. The lowest BCUT2D eigenvalue weighted by Gasteiger charge is -2.33. The molecular weight excluding hydrogens is 344 g/mol. The summed E-state index contributed by atoms with van der Waals surface area (Å²) < 4.78 is 5.30. The third kappa shape index (κ3) is 3.54. The minimum Gasteiger partial charge on any atom is -0.481 e. The van der Waals surface area contributed by atoms with Crippen LogP contribution in [0.15, 0.2) is 24.3 Å². The van der Waals surface area contributed by atoms with Gasteiger partial charge in [-0.2, -0.15) is 0 Å². The zero-order valence-electron chi connectivity index (χ0n) is 15.5. The second kappa shape index (κ2) is 6.93. The number of hydrogen-bond acceptors (Lipinski definition) is 4. The lowest BCUT2D eigenvalue weighted by molar-refractivity contribution is -0.154. The van der Waals surface area contributed by atoms with Crippen LogP contribution >= 0.6 is 0 Å². The zero-order valence-corrected chi connectivity index (χ0v) is 15.5. The molecule has 1 saturated carbocycles. The second-order valence-electron chi connectivity index (χ2n) is 7.77. The van der Waals surface area contributed by atoms with Gasteiger partial charge in [0, 0.05) is 36.8 Å². The molecule has 2 heterocycles. The molecule has 0 spiro atoms. The number of aliphatic carboxylic acids is 1. The molecule has 2 fully saturated rings. The number of hydrogen-bond donors (Lipinski definition) is 2. The lowest BCUT2D eigenvalue weighted by Crippen LogP contribution is -2.46. The predicted molar refractivity (Wildman–Crippen MR) is 101 cm³/mol. The van der Waals surface area contributed by atoms with Gasteiger partial charge in [-0.05, 0) is 50.8 Å². The van der Waals surface area contributed by atoms with Gasteiger partial charge in [0.15, 0.2) is 0 Å². The predicted octanol–water partition coefficient (Wildman–Crippen LogP) is 3.03. The summed E-state index contributed by atoms with van der Waals surface area (Å²) in [6.45, 7) is 2.91. The van der Waals surface area contributed by atoms with Crippen LogP contribution in [0.3, 0.4) is 0 Å². The molecule has 1 amide bonds. The molecule has 0 unspecified atom stereocenters. The van der Waals surface area contributed by atoms with Crippen LogP contribution in [0.25, 0.3) is 10.9 Å². The first-order chi connectivity index (χ1) is 13.0. The van der Waals surface area contributed by atoms with Crippen molar-refractivity contribution in [3.8, 4) is 0 Å². The number of ether oxygens (including phenoxy) is 1. The van der Waals surface area contributed by atoms with E-state index in [1.807, 2.05) is 31.2 Å². The van der Waals surface area contributed by atoms with E-state index in [1.165, 1.54) is 0 Å². The van der Waals surface area contributed by atoms with Crippen molar-refractivity contribution in [2.75, 3.05) is 19.8 Å². The van der Waals surface area contributed by atoms with Crippen LogP contribution in [0.1, 0.15) is 53.2 Å². The van der Waals surface area contributed by atoms with Crippen molar-refractivity contribution in [2.45, 2.75) is 38.5 Å². The topological polar surface area (TPSA) is 88.5 Å². The van der Waals surface area contributed by atoms with Crippen LogP contribution in [-0.2, 0) is 9.53 Å². The van der Waals surface area contributed by atoms with Gasteiger partial charge in [0.1, 0.15) is 0 Å². The molecule has 0 radical (unpaired) electrons. The Bertz CT molecular complexity index is 898. The summed E-state index contributed by atoms with van der Waals surface area (Å²) >= 11 is 0. The Labute approximate surface area is 157 Å². The molecule has 1 aliphatic heterocycles. The van der Waals surface area contributed by atoms with Gasteiger partial charge in [-0.25, -0.2) is 0 Å². The molecule has 2 aliphatic rings. The maximum Gasteiger partial charge on any atom is 0.311 e. The average molecular weight is 368 g/mol. The van der Waals surface area contributed by atoms with Gasteiger partial charge in [-0.15, -0.1) is 0 Å². The van der Waals surface area contributed by atoms with E-state index < -0.39 is 11.4 Å². The SMILES string of the molecule is Cc1ccc2nc(C3CC3)cc(C(=O)NCC3(C(=O)O)CCOCC3)c2c1. The first-order valence-corrected chi connectivity index (χ1v) is 9.49. The molecule has 1 aromatic heterocycles. The fourth-order valence-corrected chi connectivity index (χ4v) is 3.71. The van der Waals surface area contributed by atoms with Crippen LogP contribution in [0.4, 0.5) is 0 Å². The minimum atomic E-state index is -0.952. The number of carboxylic acids is 1. The molecule has 1 aliphatic carbocycles. The molecule has 2 N–H and O–H groups in total. The van der Waals surface area contributed by atoms with Gasteiger partial charge < -0.3 is 15.2 Å². The molecule has 6 heteroatoms. The quantitative estimate of drug-likeness (QED) is 0.847. The maximum absolute atomic E-state index is 13.0. The highest BCUT2D eigenvalue weighted by Crippen LogP contribution is 2.40. The number of amides is 1. The van der Waals surface area contributed by atoms with E-state index in [4.69, 9.17) is 9.72 Å². The Morgan fingerprint density at radius 2 is 2.00 bits per heavy atom. The highest BCUT2D eigenvalue weighted by atomic mass is 16.5. The average Bonchev–Trinajstić information content (AvgIpc) is 3.51. The first kappa shape index (κ1) is 17.9. The number of fused-ring (bicyclic) bond motifs is 1. The Kier molecular flexibility index (Phi) is 4.60. The minimum absolute atomic E-state index is 0.110. The number of nitrogens with zero attached hydrogens (tertiary/aromatic N) is 1. The first-order valence-electron chi connectivity index (χ1n) is 9.49. The van der Waals surface area contributed by atoms with Gasteiger partial charge >= 0.3 is 5.97 Å². The van der Waals surface area contributed by atoms with Gasteiger partial charge in [0.2, 0.25) is 0 Å². The molecule has 6 nitrogen and oxygen atoms in total. The Morgan fingerprint density at radius 3 is 2.67 bits per heavy atom. The smallest absolute Gasteiger partial charge is 0.311 e. The summed E-state index contributed by atoms with van der Waals surface area (Å²) in [6.07, 6.45) is 3.03. The number of nitrogens with one attached hydrogen (secondary N) is 1. The molecule has 1 saturated heterocycles.